The molecule has 0 bridgehead atoms. The summed E-state index contributed by atoms with van der Waals surface area (Å²) in [5.41, 5.74) is 2.57. The molecule has 2 atom stereocenters. The van der Waals surface area contributed by atoms with E-state index in [9.17, 15) is 5.11 Å². The predicted octanol–water partition coefficient (Wildman–Crippen LogP) is 4.10. The third-order valence-electron chi connectivity index (χ3n) is 4.39. The molecular formula is C19H30N4O. The zero-order chi connectivity index (χ0) is 17.9. The fourth-order valence-corrected chi connectivity index (χ4v) is 3.56. The Hall–Kier alpha value is -1.75. The van der Waals surface area contributed by atoms with E-state index in [1.165, 1.54) is 0 Å². The van der Waals surface area contributed by atoms with Gasteiger partial charge in [-0.1, -0.05) is 27.7 Å². The first-order chi connectivity index (χ1) is 11.6. The summed E-state index contributed by atoms with van der Waals surface area (Å²) in [5.74, 6) is 1.75. The Morgan fingerprint density at radius 2 is 1.75 bits per heavy atom. The Morgan fingerprint density at radius 3 is 2.46 bits per heavy atom. The van der Waals surface area contributed by atoms with E-state index in [-0.39, 0.29) is 6.04 Å². The van der Waals surface area contributed by atoms with Crippen LogP contribution >= 0.6 is 0 Å². The largest absolute Gasteiger partial charge is 0.385 e. The minimum atomic E-state index is -0.531. The van der Waals surface area contributed by atoms with Crippen molar-refractivity contribution in [1.29, 1.82) is 0 Å². The molecule has 2 aromatic rings. The van der Waals surface area contributed by atoms with E-state index in [0.717, 1.165) is 59.7 Å². The molecule has 4 heterocycles. The van der Waals surface area contributed by atoms with Crippen LogP contribution in [-0.2, 0) is 0 Å². The molecule has 0 radical (unpaired) electrons. The number of nitrogens with zero attached hydrogens (tertiary/aromatic N) is 4. The number of aryl methyl sites for hydroxylation is 2. The van der Waals surface area contributed by atoms with E-state index in [2.05, 4.69) is 19.9 Å². The second-order valence-corrected chi connectivity index (χ2v) is 5.84. The van der Waals surface area contributed by atoms with Crippen molar-refractivity contribution in [3.63, 3.8) is 0 Å². The monoisotopic (exact) mass is 330 g/mol. The molecule has 132 valence electrons. The maximum Gasteiger partial charge on any atom is 0.142 e. The molecule has 1 saturated heterocycles. The number of fused-ring (bicyclic) bond motifs is 2. The minimum Gasteiger partial charge on any atom is -0.385 e. The summed E-state index contributed by atoms with van der Waals surface area (Å²) in [7, 11) is 0. The molecule has 5 nitrogen and oxygen atoms in total. The lowest BCUT2D eigenvalue weighted by molar-refractivity contribution is 0.123. The Labute approximate surface area is 145 Å². The summed E-state index contributed by atoms with van der Waals surface area (Å²) >= 11 is 0. The van der Waals surface area contributed by atoms with Crippen molar-refractivity contribution < 1.29 is 5.11 Å². The number of rotatable bonds is 0. The van der Waals surface area contributed by atoms with E-state index in [1.54, 1.807) is 0 Å². The lowest BCUT2D eigenvalue weighted by Gasteiger charge is -2.43. The van der Waals surface area contributed by atoms with Gasteiger partial charge in [0.15, 0.2) is 0 Å². The highest BCUT2D eigenvalue weighted by Crippen LogP contribution is 2.42. The van der Waals surface area contributed by atoms with Crippen LogP contribution in [0.15, 0.2) is 6.07 Å². The van der Waals surface area contributed by atoms with E-state index < -0.39 is 6.10 Å². The fourth-order valence-electron chi connectivity index (χ4n) is 3.56. The molecule has 2 unspecified atom stereocenters. The van der Waals surface area contributed by atoms with Crippen molar-refractivity contribution in [3.8, 4) is 0 Å². The van der Waals surface area contributed by atoms with Crippen LogP contribution in [0.3, 0.4) is 0 Å². The predicted molar refractivity (Wildman–Crippen MR) is 99.4 cm³/mol. The number of piperidine rings is 1. The molecule has 2 aliphatic heterocycles. The number of aliphatic hydroxyl groups excluding tert-OH is 1. The van der Waals surface area contributed by atoms with Gasteiger partial charge in [0, 0.05) is 12.2 Å². The Balaban J connectivity index is 0.000000487. The van der Waals surface area contributed by atoms with Crippen molar-refractivity contribution >= 4 is 16.7 Å². The van der Waals surface area contributed by atoms with Gasteiger partial charge in [-0.05, 0) is 39.2 Å². The molecule has 24 heavy (non-hydrogen) atoms. The number of pyridine rings is 1. The number of aromatic nitrogens is 3. The van der Waals surface area contributed by atoms with Crippen LogP contribution in [0.2, 0.25) is 0 Å². The SMILES string of the molecule is CC.CC.Cc1cc2nc(C)nc3c2c(n1)C(O)C1CCCCN31. The molecular weight excluding hydrogens is 300 g/mol. The molecule has 1 N–H and O–H groups in total. The third-order valence-corrected chi connectivity index (χ3v) is 4.39. The molecule has 0 amide bonds. The van der Waals surface area contributed by atoms with Gasteiger partial charge >= 0.3 is 0 Å². The van der Waals surface area contributed by atoms with Gasteiger partial charge in [-0.2, -0.15) is 0 Å². The van der Waals surface area contributed by atoms with Crippen molar-refractivity contribution in [2.24, 2.45) is 0 Å². The standard InChI is InChI=1S/C15H18N4O.2C2H6/c1-8-7-10-12-13(16-8)14(20)11-5-3-4-6-19(11)15(12)18-9(2)17-10;2*1-2/h7,11,14,20H,3-6H2,1-2H3;2*1-2H3. The second-order valence-electron chi connectivity index (χ2n) is 5.84. The van der Waals surface area contributed by atoms with E-state index >= 15 is 0 Å². The van der Waals surface area contributed by atoms with Crippen LogP contribution in [0, 0.1) is 13.8 Å². The third kappa shape index (κ3) is 3.09. The van der Waals surface area contributed by atoms with Crippen LogP contribution in [0.5, 0.6) is 0 Å². The first kappa shape index (κ1) is 18.6. The summed E-state index contributed by atoms with van der Waals surface area (Å²) in [5, 5.41) is 11.6. The second kappa shape index (κ2) is 7.88. The fraction of sp³-hybridized carbons (Fsp3) is 0.632. The average molecular weight is 330 g/mol. The van der Waals surface area contributed by atoms with Gasteiger partial charge < -0.3 is 10.0 Å². The lowest BCUT2D eigenvalue weighted by Crippen LogP contribution is -2.46. The Morgan fingerprint density at radius 1 is 1.04 bits per heavy atom. The maximum atomic E-state index is 10.7. The summed E-state index contributed by atoms with van der Waals surface area (Å²) in [6.45, 7) is 12.8. The first-order valence-corrected chi connectivity index (χ1v) is 9.26. The van der Waals surface area contributed by atoms with Crippen LogP contribution < -0.4 is 4.90 Å². The normalized spacial score (nSPS) is 21.2. The van der Waals surface area contributed by atoms with E-state index in [4.69, 9.17) is 0 Å². The smallest absolute Gasteiger partial charge is 0.142 e. The first-order valence-electron chi connectivity index (χ1n) is 9.26. The number of hydrogen-bond acceptors (Lipinski definition) is 5. The van der Waals surface area contributed by atoms with Gasteiger partial charge in [0.1, 0.15) is 17.7 Å². The van der Waals surface area contributed by atoms with Gasteiger partial charge in [0.25, 0.3) is 0 Å². The molecule has 0 aliphatic carbocycles. The number of hydrogen-bond donors (Lipinski definition) is 1. The highest BCUT2D eigenvalue weighted by Gasteiger charge is 2.38. The molecule has 0 aromatic carbocycles. The van der Waals surface area contributed by atoms with Crippen LogP contribution in [0.1, 0.15) is 70.3 Å². The summed E-state index contributed by atoms with van der Waals surface area (Å²) in [6.07, 6.45) is 2.78. The van der Waals surface area contributed by atoms with Gasteiger partial charge in [0.05, 0.1) is 22.6 Å². The van der Waals surface area contributed by atoms with Gasteiger partial charge in [-0.25, -0.2) is 9.97 Å². The van der Waals surface area contributed by atoms with Crippen molar-refractivity contribution in [1.82, 2.24) is 15.0 Å². The quantitative estimate of drug-likeness (QED) is 0.788. The Bertz CT molecular complexity index is 696. The van der Waals surface area contributed by atoms with Crippen LogP contribution in [-0.4, -0.2) is 32.6 Å². The topological polar surface area (TPSA) is 62.1 Å². The highest BCUT2D eigenvalue weighted by atomic mass is 16.3. The summed E-state index contributed by atoms with van der Waals surface area (Å²) in [6, 6.07) is 2.09. The van der Waals surface area contributed by atoms with Crippen molar-refractivity contribution in [3.05, 3.63) is 23.3 Å². The van der Waals surface area contributed by atoms with E-state index in [0.29, 0.717) is 0 Å². The number of anilines is 1. The maximum absolute atomic E-state index is 10.7. The molecule has 2 aromatic heterocycles. The van der Waals surface area contributed by atoms with Gasteiger partial charge in [0.2, 0.25) is 0 Å². The average Bonchev–Trinajstić information content (AvgIpc) is 2.62. The summed E-state index contributed by atoms with van der Waals surface area (Å²) in [4.78, 5) is 16.0. The molecule has 2 aliphatic rings. The van der Waals surface area contributed by atoms with Gasteiger partial charge in [-0.15, -0.1) is 0 Å². The van der Waals surface area contributed by atoms with E-state index in [1.807, 2.05) is 47.6 Å². The van der Waals surface area contributed by atoms with Crippen LogP contribution in [0.4, 0.5) is 5.82 Å². The highest BCUT2D eigenvalue weighted by molar-refractivity contribution is 5.93. The lowest BCUT2D eigenvalue weighted by atomic mass is 9.90. The molecule has 4 rings (SSSR count). The van der Waals surface area contributed by atoms with Gasteiger partial charge in [-0.3, -0.25) is 4.98 Å². The molecule has 5 heteroatoms. The molecule has 0 saturated carbocycles. The molecule has 1 fully saturated rings. The Kier molecular flexibility index (Phi) is 6.10. The zero-order valence-electron chi connectivity index (χ0n) is 15.8. The molecule has 0 spiro atoms. The zero-order valence-corrected chi connectivity index (χ0v) is 15.8. The van der Waals surface area contributed by atoms with Crippen LogP contribution in [0.25, 0.3) is 10.9 Å². The number of aliphatic hydroxyl groups is 1. The summed E-state index contributed by atoms with van der Waals surface area (Å²) < 4.78 is 0. The van der Waals surface area contributed by atoms with Crippen molar-refractivity contribution in [2.75, 3.05) is 11.4 Å². The minimum absolute atomic E-state index is 0.114. The van der Waals surface area contributed by atoms with Crippen molar-refractivity contribution in [2.45, 2.75) is 73.0 Å².